The molecule has 0 aromatic heterocycles. The fraction of sp³-hybridized carbons (Fsp3) is 0.529. The third-order valence-corrected chi connectivity index (χ3v) is 4.08. The molecule has 0 saturated heterocycles. The van der Waals surface area contributed by atoms with Crippen LogP contribution in [0.1, 0.15) is 50.3 Å². The monoisotopic (exact) mass is 351 g/mol. The van der Waals surface area contributed by atoms with Gasteiger partial charge in [0.25, 0.3) is 0 Å². The van der Waals surface area contributed by atoms with Crippen molar-refractivity contribution in [3.05, 3.63) is 34.6 Å². The van der Waals surface area contributed by atoms with E-state index in [1.165, 1.54) is 6.07 Å². The van der Waals surface area contributed by atoms with Gasteiger partial charge in [-0.1, -0.05) is 13.0 Å². The molecule has 1 heterocycles. The minimum atomic E-state index is -0.635. The number of ether oxygens (including phenoxy) is 1. The Morgan fingerprint density at radius 3 is 2.56 bits per heavy atom. The third-order valence-electron chi connectivity index (χ3n) is 4.08. The number of hydrazone groups is 1. The molecule has 138 valence electrons. The van der Waals surface area contributed by atoms with Crippen LogP contribution in [-0.4, -0.2) is 23.6 Å². The number of benzene rings is 1. The first-order chi connectivity index (χ1) is 11.6. The predicted octanol–water partition coefficient (Wildman–Crippen LogP) is 2.37. The maximum Gasteiger partial charge on any atom is 0.408 e. The molecule has 2 atom stereocenters. The fourth-order valence-electron chi connectivity index (χ4n) is 2.75. The summed E-state index contributed by atoms with van der Waals surface area (Å²) in [4.78, 5) is 12.2. The number of hydrazine groups is 2. The van der Waals surface area contributed by atoms with E-state index in [1.54, 1.807) is 26.8 Å². The summed E-state index contributed by atoms with van der Waals surface area (Å²) < 4.78 is 19.8. The van der Waals surface area contributed by atoms with E-state index >= 15 is 0 Å². The first kappa shape index (κ1) is 19.0. The normalized spacial score (nSPS) is 16.4. The quantitative estimate of drug-likeness (QED) is 0.669. The van der Waals surface area contributed by atoms with E-state index in [2.05, 4.69) is 26.9 Å². The van der Waals surface area contributed by atoms with Gasteiger partial charge in [0.15, 0.2) is 5.84 Å². The Balaban J connectivity index is 2.33. The number of hydrogen-bond donors (Lipinski definition) is 4. The summed E-state index contributed by atoms with van der Waals surface area (Å²) in [5, 5.41) is 6.85. The number of nitrogens with one attached hydrogen (secondary N) is 4. The number of amides is 1. The summed E-state index contributed by atoms with van der Waals surface area (Å²) >= 11 is 0. The Morgan fingerprint density at radius 2 is 2.00 bits per heavy atom. The van der Waals surface area contributed by atoms with Crippen LogP contribution in [0.15, 0.2) is 17.2 Å². The second-order valence-electron chi connectivity index (χ2n) is 7.17. The molecule has 1 amide bonds. The zero-order valence-corrected chi connectivity index (χ0v) is 15.5. The molecule has 4 N–H and O–H groups in total. The number of alkyl carbamates (subject to hydrolysis) is 1. The van der Waals surface area contributed by atoms with Crippen molar-refractivity contribution >= 4 is 11.9 Å². The maximum absolute atomic E-state index is 14.5. The number of hydrogen-bond acceptors (Lipinski definition) is 6. The molecule has 1 aliphatic heterocycles. The first-order valence-electron chi connectivity index (χ1n) is 8.19. The lowest BCUT2D eigenvalue weighted by molar-refractivity contribution is 0.0512. The number of nitrogens with zero attached hydrogens (tertiary/aromatic N) is 1. The average Bonchev–Trinajstić information content (AvgIpc) is 3.01. The van der Waals surface area contributed by atoms with Crippen molar-refractivity contribution in [3.8, 4) is 0 Å². The summed E-state index contributed by atoms with van der Waals surface area (Å²) in [6.07, 6.45) is -0.591. The van der Waals surface area contributed by atoms with Crippen LogP contribution >= 0.6 is 0 Å². The van der Waals surface area contributed by atoms with Crippen molar-refractivity contribution in [2.75, 3.05) is 0 Å². The Labute approximate surface area is 147 Å². The van der Waals surface area contributed by atoms with Crippen LogP contribution in [0.2, 0.25) is 0 Å². The molecule has 1 aromatic rings. The lowest BCUT2D eigenvalue weighted by Gasteiger charge is -2.28. The summed E-state index contributed by atoms with van der Waals surface area (Å²) in [7, 11) is 0. The highest BCUT2D eigenvalue weighted by atomic mass is 19.1. The van der Waals surface area contributed by atoms with Crippen LogP contribution in [0.3, 0.4) is 0 Å². The van der Waals surface area contributed by atoms with E-state index in [0.29, 0.717) is 11.4 Å². The first-order valence-corrected chi connectivity index (χ1v) is 8.19. The number of carbonyl (C=O) groups is 1. The van der Waals surface area contributed by atoms with Crippen molar-refractivity contribution in [1.29, 1.82) is 0 Å². The van der Waals surface area contributed by atoms with E-state index in [4.69, 9.17) is 4.74 Å². The summed E-state index contributed by atoms with van der Waals surface area (Å²) in [5.74, 6) is -0.245. The molecule has 1 aromatic carbocycles. The molecule has 0 unspecified atom stereocenters. The molecule has 0 fully saturated rings. The molecule has 0 radical (unpaired) electrons. The fourth-order valence-corrected chi connectivity index (χ4v) is 2.75. The lowest BCUT2D eigenvalue weighted by Crippen LogP contribution is -2.51. The van der Waals surface area contributed by atoms with Gasteiger partial charge in [-0.05, 0) is 57.4 Å². The highest BCUT2D eigenvalue weighted by molar-refractivity contribution is 5.91. The summed E-state index contributed by atoms with van der Waals surface area (Å²) in [6, 6.07) is 2.58. The van der Waals surface area contributed by atoms with E-state index < -0.39 is 17.7 Å². The number of amidine groups is 1. The van der Waals surface area contributed by atoms with Crippen molar-refractivity contribution < 1.29 is 13.9 Å². The SMILES string of the molecule is Cc1ccc(F)c([C@@H](C)[C@H](NC(=O)OC(C)(C)C)C2=NNNN2)c1C. The predicted molar refractivity (Wildman–Crippen MR) is 94.3 cm³/mol. The van der Waals surface area contributed by atoms with Gasteiger partial charge < -0.3 is 10.1 Å². The van der Waals surface area contributed by atoms with Crippen LogP contribution in [0.4, 0.5) is 9.18 Å². The standard InChI is InChI=1S/C17H26FN5O2/c1-9-7-8-12(18)13(10(9)2)11(3)14(15-20-22-23-21-15)19-16(24)25-17(4,5)6/h7-8,11,14,22-23H,1-6H3,(H,19,24)(H,20,21)/t11-,14+/m1/s1. The smallest absolute Gasteiger partial charge is 0.408 e. The van der Waals surface area contributed by atoms with Crippen LogP contribution in [0, 0.1) is 19.7 Å². The van der Waals surface area contributed by atoms with Gasteiger partial charge >= 0.3 is 6.09 Å². The van der Waals surface area contributed by atoms with E-state index in [1.807, 2.05) is 20.8 Å². The third kappa shape index (κ3) is 4.60. The molecule has 25 heavy (non-hydrogen) atoms. The highest BCUT2D eigenvalue weighted by Crippen LogP contribution is 2.28. The van der Waals surface area contributed by atoms with E-state index in [9.17, 15) is 9.18 Å². The number of rotatable bonds is 4. The lowest BCUT2D eigenvalue weighted by atomic mass is 9.87. The van der Waals surface area contributed by atoms with Gasteiger partial charge in [-0.2, -0.15) is 0 Å². The molecule has 2 rings (SSSR count). The molecular weight excluding hydrogens is 325 g/mol. The van der Waals surface area contributed by atoms with Gasteiger partial charge in [0.2, 0.25) is 0 Å². The Hall–Kier alpha value is -2.35. The highest BCUT2D eigenvalue weighted by Gasteiger charge is 2.32. The summed E-state index contributed by atoms with van der Waals surface area (Å²) in [6.45, 7) is 11.0. The van der Waals surface area contributed by atoms with Crippen molar-refractivity contribution in [2.45, 2.75) is 59.1 Å². The largest absolute Gasteiger partial charge is 0.444 e. The average molecular weight is 351 g/mol. The van der Waals surface area contributed by atoms with Crippen molar-refractivity contribution in [3.63, 3.8) is 0 Å². The summed E-state index contributed by atoms with van der Waals surface area (Å²) in [5.41, 5.74) is 9.76. The Kier molecular flexibility index (Phi) is 5.52. The number of carbonyl (C=O) groups excluding carboxylic acids is 1. The number of aryl methyl sites for hydroxylation is 1. The maximum atomic E-state index is 14.5. The van der Waals surface area contributed by atoms with Crippen molar-refractivity contribution in [1.82, 2.24) is 21.8 Å². The minimum Gasteiger partial charge on any atom is -0.444 e. The van der Waals surface area contributed by atoms with Crippen LogP contribution in [0.5, 0.6) is 0 Å². The second kappa shape index (κ2) is 7.26. The molecule has 0 bridgehead atoms. The second-order valence-corrected chi connectivity index (χ2v) is 7.17. The van der Waals surface area contributed by atoms with Gasteiger partial charge in [-0.3, -0.25) is 5.43 Å². The van der Waals surface area contributed by atoms with Crippen LogP contribution in [0.25, 0.3) is 0 Å². The van der Waals surface area contributed by atoms with Crippen LogP contribution in [-0.2, 0) is 4.74 Å². The molecule has 1 aliphatic rings. The topological polar surface area (TPSA) is 86.8 Å². The van der Waals surface area contributed by atoms with Gasteiger partial charge in [0.05, 0.1) is 6.04 Å². The van der Waals surface area contributed by atoms with Gasteiger partial charge in [-0.25, -0.2) is 14.7 Å². The molecular formula is C17H26FN5O2. The van der Waals surface area contributed by atoms with Gasteiger partial charge in [-0.15, -0.1) is 10.6 Å². The molecule has 8 heteroatoms. The van der Waals surface area contributed by atoms with Gasteiger partial charge in [0, 0.05) is 5.92 Å². The van der Waals surface area contributed by atoms with E-state index in [0.717, 1.165) is 11.1 Å². The van der Waals surface area contributed by atoms with Gasteiger partial charge in [0.1, 0.15) is 11.4 Å². The van der Waals surface area contributed by atoms with E-state index in [-0.39, 0.29) is 11.7 Å². The Morgan fingerprint density at radius 1 is 1.32 bits per heavy atom. The number of halogens is 1. The molecule has 7 nitrogen and oxygen atoms in total. The van der Waals surface area contributed by atoms with Crippen LogP contribution < -0.4 is 21.8 Å². The minimum absolute atomic E-state index is 0.314. The molecule has 0 spiro atoms. The Bertz CT molecular complexity index is 684. The zero-order chi connectivity index (χ0) is 18.8. The molecule has 0 saturated carbocycles. The molecule has 0 aliphatic carbocycles. The zero-order valence-electron chi connectivity index (χ0n) is 15.5. The van der Waals surface area contributed by atoms with Crippen molar-refractivity contribution in [2.24, 2.45) is 5.10 Å².